The van der Waals surface area contributed by atoms with Gasteiger partial charge in [0.25, 0.3) is 0 Å². The molecule has 5 heteroatoms. The molecule has 1 aromatic heterocycles. The Morgan fingerprint density at radius 2 is 2.27 bits per heavy atom. The van der Waals surface area contributed by atoms with E-state index in [9.17, 15) is 4.79 Å². The second-order valence-corrected chi connectivity index (χ2v) is 4.07. The molecule has 2 heterocycles. The Labute approximate surface area is 88.3 Å². The number of nitrogens with one attached hydrogen (secondary N) is 3. The predicted molar refractivity (Wildman–Crippen MR) is 59.0 cm³/mol. The molecule has 0 saturated heterocycles. The first kappa shape index (κ1) is 10.2. The molecule has 2 rings (SSSR count). The molecule has 0 spiro atoms. The summed E-state index contributed by atoms with van der Waals surface area (Å²) >= 11 is 0. The Bertz CT molecular complexity index is 410. The van der Waals surface area contributed by atoms with E-state index in [1.807, 2.05) is 13.8 Å². The van der Waals surface area contributed by atoms with Crippen LogP contribution in [0.1, 0.15) is 25.1 Å². The molecule has 0 aromatic carbocycles. The van der Waals surface area contributed by atoms with Gasteiger partial charge in [-0.15, -0.1) is 0 Å². The summed E-state index contributed by atoms with van der Waals surface area (Å²) in [5, 5.41) is 6.44. The maximum Gasteiger partial charge on any atom is 0.347 e. The third-order valence-electron chi connectivity index (χ3n) is 2.40. The molecule has 15 heavy (non-hydrogen) atoms. The van der Waals surface area contributed by atoms with Gasteiger partial charge in [-0.05, 0) is 26.8 Å². The number of nitrogens with zero attached hydrogens (tertiary/aromatic N) is 1. The highest BCUT2D eigenvalue weighted by Crippen LogP contribution is 2.17. The van der Waals surface area contributed by atoms with Crippen molar-refractivity contribution >= 4 is 5.82 Å². The van der Waals surface area contributed by atoms with Gasteiger partial charge in [0.15, 0.2) is 0 Å². The van der Waals surface area contributed by atoms with Crippen molar-refractivity contribution in [3.8, 4) is 0 Å². The second kappa shape index (κ2) is 4.02. The molecule has 0 bridgehead atoms. The van der Waals surface area contributed by atoms with Gasteiger partial charge in [0.1, 0.15) is 5.82 Å². The van der Waals surface area contributed by atoms with E-state index in [4.69, 9.17) is 0 Å². The van der Waals surface area contributed by atoms with Crippen LogP contribution in [0.5, 0.6) is 0 Å². The van der Waals surface area contributed by atoms with E-state index in [0.717, 1.165) is 36.6 Å². The average molecular weight is 208 g/mol. The number of fused-ring (bicyclic) bond motifs is 1. The molecular formula is C10H16N4O. The van der Waals surface area contributed by atoms with Gasteiger partial charge in [-0.3, -0.25) is 0 Å². The highest BCUT2D eigenvalue weighted by molar-refractivity contribution is 5.47. The highest BCUT2D eigenvalue weighted by atomic mass is 16.1. The number of rotatable bonds is 2. The Hall–Kier alpha value is -1.36. The molecule has 1 aliphatic heterocycles. The van der Waals surface area contributed by atoms with Crippen molar-refractivity contribution in [1.29, 1.82) is 0 Å². The van der Waals surface area contributed by atoms with Crippen LogP contribution in [0.25, 0.3) is 0 Å². The quantitative estimate of drug-likeness (QED) is 0.651. The summed E-state index contributed by atoms with van der Waals surface area (Å²) in [6.45, 7) is 5.74. The lowest BCUT2D eigenvalue weighted by Crippen LogP contribution is -2.30. The van der Waals surface area contributed by atoms with Crippen LogP contribution in [0.15, 0.2) is 4.79 Å². The van der Waals surface area contributed by atoms with Crippen molar-refractivity contribution in [2.75, 3.05) is 11.9 Å². The summed E-state index contributed by atoms with van der Waals surface area (Å²) in [5.41, 5.74) is 1.83. The Morgan fingerprint density at radius 1 is 1.47 bits per heavy atom. The monoisotopic (exact) mass is 208 g/mol. The van der Waals surface area contributed by atoms with Gasteiger partial charge in [0, 0.05) is 23.8 Å². The number of hydrogen-bond acceptors (Lipinski definition) is 4. The van der Waals surface area contributed by atoms with Gasteiger partial charge < -0.3 is 15.6 Å². The molecule has 0 fully saturated rings. The molecular weight excluding hydrogens is 192 g/mol. The first-order chi connectivity index (χ1) is 7.16. The van der Waals surface area contributed by atoms with Crippen LogP contribution in [0.4, 0.5) is 5.82 Å². The Balaban J connectivity index is 2.43. The lowest BCUT2D eigenvalue weighted by Gasteiger charge is -2.20. The minimum atomic E-state index is -0.277. The van der Waals surface area contributed by atoms with Crippen molar-refractivity contribution in [3.05, 3.63) is 21.7 Å². The third-order valence-corrected chi connectivity index (χ3v) is 2.40. The maximum absolute atomic E-state index is 11.3. The fraction of sp³-hybridized carbons (Fsp3) is 0.600. The number of H-pyrrole nitrogens is 1. The van der Waals surface area contributed by atoms with Crippen molar-refractivity contribution in [3.63, 3.8) is 0 Å². The van der Waals surface area contributed by atoms with Crippen LogP contribution in [0.3, 0.4) is 0 Å². The van der Waals surface area contributed by atoms with Crippen LogP contribution in [0, 0.1) is 0 Å². The van der Waals surface area contributed by atoms with Crippen LogP contribution < -0.4 is 16.3 Å². The van der Waals surface area contributed by atoms with Crippen molar-refractivity contribution in [1.82, 2.24) is 15.3 Å². The molecule has 0 saturated carbocycles. The Kier molecular flexibility index (Phi) is 2.73. The third kappa shape index (κ3) is 2.18. The SMILES string of the molecule is CC(C)Nc1nc(=O)[nH]c2c1CCNC2. The van der Waals surface area contributed by atoms with E-state index in [-0.39, 0.29) is 5.69 Å². The van der Waals surface area contributed by atoms with Gasteiger partial charge in [-0.25, -0.2) is 4.79 Å². The molecule has 0 amide bonds. The number of hydrogen-bond donors (Lipinski definition) is 3. The van der Waals surface area contributed by atoms with E-state index < -0.39 is 0 Å². The van der Waals surface area contributed by atoms with Crippen molar-refractivity contribution < 1.29 is 0 Å². The molecule has 5 nitrogen and oxygen atoms in total. The van der Waals surface area contributed by atoms with Gasteiger partial charge in [0.05, 0.1) is 0 Å². The zero-order valence-electron chi connectivity index (χ0n) is 9.05. The first-order valence-corrected chi connectivity index (χ1v) is 5.26. The van der Waals surface area contributed by atoms with E-state index in [2.05, 4.69) is 20.6 Å². The average Bonchev–Trinajstić information content (AvgIpc) is 2.16. The van der Waals surface area contributed by atoms with E-state index in [1.54, 1.807) is 0 Å². The highest BCUT2D eigenvalue weighted by Gasteiger charge is 2.15. The van der Waals surface area contributed by atoms with Crippen LogP contribution in [-0.4, -0.2) is 22.6 Å². The second-order valence-electron chi connectivity index (χ2n) is 4.07. The topological polar surface area (TPSA) is 69.8 Å². The molecule has 3 N–H and O–H groups in total. The molecule has 0 radical (unpaired) electrons. The van der Waals surface area contributed by atoms with E-state index in [1.165, 1.54) is 0 Å². The van der Waals surface area contributed by atoms with Crippen LogP contribution in [-0.2, 0) is 13.0 Å². The molecule has 0 unspecified atom stereocenters. The predicted octanol–water partition coefficient (Wildman–Crippen LogP) is 0.236. The normalized spacial score (nSPS) is 15.1. The van der Waals surface area contributed by atoms with E-state index in [0.29, 0.717) is 6.04 Å². The van der Waals surface area contributed by atoms with Crippen molar-refractivity contribution in [2.24, 2.45) is 0 Å². The summed E-state index contributed by atoms with van der Waals surface area (Å²) < 4.78 is 0. The van der Waals surface area contributed by atoms with Crippen LogP contribution in [0.2, 0.25) is 0 Å². The summed E-state index contributed by atoms with van der Waals surface area (Å²) in [6.07, 6.45) is 0.911. The molecule has 1 aromatic rings. The zero-order valence-corrected chi connectivity index (χ0v) is 9.05. The summed E-state index contributed by atoms with van der Waals surface area (Å²) in [6, 6.07) is 0.290. The molecule has 1 aliphatic rings. The first-order valence-electron chi connectivity index (χ1n) is 5.26. The lowest BCUT2D eigenvalue weighted by atomic mass is 10.1. The minimum absolute atomic E-state index is 0.277. The minimum Gasteiger partial charge on any atom is -0.367 e. The number of aromatic amines is 1. The molecule has 0 aliphatic carbocycles. The molecule has 0 atom stereocenters. The van der Waals surface area contributed by atoms with Gasteiger partial charge in [-0.2, -0.15) is 4.98 Å². The Morgan fingerprint density at radius 3 is 3.00 bits per heavy atom. The summed E-state index contributed by atoms with van der Waals surface area (Å²) in [7, 11) is 0. The van der Waals surface area contributed by atoms with Gasteiger partial charge >= 0.3 is 5.69 Å². The number of anilines is 1. The summed E-state index contributed by atoms with van der Waals surface area (Å²) in [5.74, 6) is 0.741. The maximum atomic E-state index is 11.3. The zero-order chi connectivity index (χ0) is 10.8. The lowest BCUT2D eigenvalue weighted by molar-refractivity contribution is 0.619. The standard InChI is InChI=1S/C10H16N4O/c1-6(2)12-9-7-3-4-11-5-8(7)13-10(15)14-9/h6,11H,3-5H2,1-2H3,(H2,12,13,14,15). The molecule has 82 valence electrons. The van der Waals surface area contributed by atoms with Gasteiger partial charge in [-0.1, -0.05) is 0 Å². The summed E-state index contributed by atoms with van der Waals surface area (Å²) in [4.78, 5) is 18.1. The van der Waals surface area contributed by atoms with E-state index >= 15 is 0 Å². The fourth-order valence-electron chi connectivity index (χ4n) is 1.78. The largest absolute Gasteiger partial charge is 0.367 e. The number of aromatic nitrogens is 2. The van der Waals surface area contributed by atoms with Crippen LogP contribution >= 0.6 is 0 Å². The smallest absolute Gasteiger partial charge is 0.347 e. The fourth-order valence-corrected chi connectivity index (χ4v) is 1.78. The van der Waals surface area contributed by atoms with Gasteiger partial charge in [0.2, 0.25) is 0 Å². The van der Waals surface area contributed by atoms with Crippen molar-refractivity contribution in [2.45, 2.75) is 32.9 Å².